The van der Waals surface area contributed by atoms with Gasteiger partial charge in [-0.25, -0.2) is 9.48 Å². The molecule has 0 atom stereocenters. The summed E-state index contributed by atoms with van der Waals surface area (Å²) in [6, 6.07) is 6.41. The Morgan fingerprint density at radius 1 is 1.42 bits per heavy atom. The molecule has 1 heterocycles. The number of hydrogen-bond donors (Lipinski definition) is 0. The van der Waals surface area contributed by atoms with Gasteiger partial charge in [0.1, 0.15) is 0 Å². The Hall–Kier alpha value is -1.66. The average Bonchev–Trinajstić information content (AvgIpc) is 2.39. The van der Waals surface area contributed by atoms with Crippen LogP contribution in [0, 0.1) is 0 Å². The topological polar surface area (TPSA) is 61.2 Å². The molecule has 98 valence electrons. The fourth-order valence-electron chi connectivity index (χ4n) is 1.45. The quantitative estimate of drug-likeness (QED) is 0.786. The fraction of sp³-hybridized carbons (Fsp3) is 0.0833. The SMILES string of the molecule is COC(=O)c1nn(-c2ccc(Br)cc2Cl)ccc1=O. The lowest BCUT2D eigenvalue weighted by Gasteiger charge is -2.08. The average molecular weight is 344 g/mol. The molecule has 0 bridgehead atoms. The molecule has 1 aromatic carbocycles. The van der Waals surface area contributed by atoms with Crippen LogP contribution in [0.2, 0.25) is 5.02 Å². The Kier molecular flexibility index (Phi) is 4.01. The molecule has 0 amide bonds. The number of hydrogen-bond acceptors (Lipinski definition) is 4. The van der Waals surface area contributed by atoms with Crippen molar-refractivity contribution in [1.29, 1.82) is 0 Å². The van der Waals surface area contributed by atoms with Crippen molar-refractivity contribution >= 4 is 33.5 Å². The predicted octanol–water partition coefficient (Wildman–Crippen LogP) is 2.44. The molecule has 0 fully saturated rings. The van der Waals surface area contributed by atoms with E-state index in [1.54, 1.807) is 18.2 Å². The molecule has 0 saturated carbocycles. The second kappa shape index (κ2) is 5.54. The van der Waals surface area contributed by atoms with Crippen molar-refractivity contribution in [2.75, 3.05) is 7.11 Å². The molecule has 2 aromatic rings. The van der Waals surface area contributed by atoms with E-state index in [1.165, 1.54) is 24.1 Å². The number of carbonyl (C=O) groups is 1. The zero-order chi connectivity index (χ0) is 14.0. The highest BCUT2D eigenvalue weighted by Gasteiger charge is 2.14. The van der Waals surface area contributed by atoms with Gasteiger partial charge < -0.3 is 4.74 Å². The lowest BCUT2D eigenvalue weighted by Crippen LogP contribution is -2.21. The zero-order valence-corrected chi connectivity index (χ0v) is 12.1. The van der Waals surface area contributed by atoms with Gasteiger partial charge in [-0.15, -0.1) is 0 Å². The van der Waals surface area contributed by atoms with Gasteiger partial charge in [0.05, 0.1) is 17.8 Å². The summed E-state index contributed by atoms with van der Waals surface area (Å²) >= 11 is 9.38. The maximum absolute atomic E-state index is 11.5. The molecule has 0 radical (unpaired) electrons. The molecule has 7 heteroatoms. The summed E-state index contributed by atoms with van der Waals surface area (Å²) < 4.78 is 6.67. The standard InChI is InChI=1S/C12H8BrClN2O3/c1-19-12(18)11-10(17)4-5-16(15-11)9-3-2-7(13)6-8(9)14/h2-6H,1H3. The number of esters is 1. The molecule has 0 spiro atoms. The molecule has 0 saturated heterocycles. The van der Waals surface area contributed by atoms with E-state index >= 15 is 0 Å². The molecule has 5 nitrogen and oxygen atoms in total. The Bertz CT molecular complexity index is 700. The molecule has 2 rings (SSSR count). The third-order valence-corrected chi connectivity index (χ3v) is 3.14. The molecule has 0 aliphatic carbocycles. The Balaban J connectivity index is 2.57. The van der Waals surface area contributed by atoms with E-state index in [4.69, 9.17) is 11.6 Å². The number of halogens is 2. The van der Waals surface area contributed by atoms with Gasteiger partial charge in [0, 0.05) is 16.7 Å². The molecule has 1 aromatic heterocycles. The summed E-state index contributed by atoms with van der Waals surface area (Å²) in [5.74, 6) is -0.785. The van der Waals surface area contributed by atoms with Crippen LogP contribution in [0.4, 0.5) is 0 Å². The first kappa shape index (κ1) is 13.8. The van der Waals surface area contributed by atoms with Crippen LogP contribution in [0.15, 0.2) is 39.7 Å². The van der Waals surface area contributed by atoms with Crippen LogP contribution in [0.1, 0.15) is 10.5 Å². The van der Waals surface area contributed by atoms with Crippen LogP contribution in [0.3, 0.4) is 0 Å². The highest BCUT2D eigenvalue weighted by atomic mass is 79.9. The lowest BCUT2D eigenvalue weighted by atomic mass is 10.3. The molecule has 0 aliphatic heterocycles. The van der Waals surface area contributed by atoms with Crippen LogP contribution in [0.5, 0.6) is 0 Å². The molecule has 0 aliphatic rings. The van der Waals surface area contributed by atoms with Crippen molar-refractivity contribution in [3.05, 3.63) is 55.9 Å². The maximum Gasteiger partial charge on any atom is 0.362 e. The number of methoxy groups -OCH3 is 1. The van der Waals surface area contributed by atoms with Gasteiger partial charge >= 0.3 is 5.97 Å². The highest BCUT2D eigenvalue weighted by Crippen LogP contribution is 2.23. The van der Waals surface area contributed by atoms with Crippen molar-refractivity contribution < 1.29 is 9.53 Å². The number of benzene rings is 1. The smallest absolute Gasteiger partial charge is 0.362 e. The van der Waals surface area contributed by atoms with Crippen molar-refractivity contribution in [2.45, 2.75) is 0 Å². The van der Waals surface area contributed by atoms with Gasteiger partial charge in [-0.2, -0.15) is 5.10 Å². The van der Waals surface area contributed by atoms with E-state index < -0.39 is 11.4 Å². The van der Waals surface area contributed by atoms with E-state index in [2.05, 4.69) is 25.8 Å². The number of aromatic nitrogens is 2. The van der Waals surface area contributed by atoms with Gasteiger partial charge in [0.25, 0.3) is 0 Å². The van der Waals surface area contributed by atoms with Crippen LogP contribution < -0.4 is 5.43 Å². The van der Waals surface area contributed by atoms with Crippen molar-refractivity contribution in [3.63, 3.8) is 0 Å². The second-order valence-electron chi connectivity index (χ2n) is 3.56. The Morgan fingerprint density at radius 3 is 2.79 bits per heavy atom. The zero-order valence-electron chi connectivity index (χ0n) is 9.76. The van der Waals surface area contributed by atoms with Crippen LogP contribution >= 0.6 is 27.5 Å². The number of ether oxygens (including phenoxy) is 1. The molecule has 19 heavy (non-hydrogen) atoms. The van der Waals surface area contributed by atoms with Gasteiger partial charge in [-0.05, 0) is 18.2 Å². The number of nitrogens with zero attached hydrogens (tertiary/aromatic N) is 2. The third kappa shape index (κ3) is 2.85. The summed E-state index contributed by atoms with van der Waals surface area (Å²) in [7, 11) is 1.19. The summed E-state index contributed by atoms with van der Waals surface area (Å²) in [5.41, 5.74) is -0.240. The summed E-state index contributed by atoms with van der Waals surface area (Å²) in [5, 5.41) is 4.37. The van der Waals surface area contributed by atoms with Crippen LogP contribution in [-0.4, -0.2) is 22.9 Å². The first-order chi connectivity index (χ1) is 9.02. The normalized spacial score (nSPS) is 10.3. The van der Waals surface area contributed by atoms with E-state index in [1.807, 2.05) is 0 Å². The first-order valence-corrected chi connectivity index (χ1v) is 6.34. The van der Waals surface area contributed by atoms with Crippen molar-refractivity contribution in [1.82, 2.24) is 9.78 Å². The summed E-state index contributed by atoms with van der Waals surface area (Å²) in [6.45, 7) is 0. The van der Waals surface area contributed by atoms with Gasteiger partial charge in [-0.1, -0.05) is 27.5 Å². The number of rotatable bonds is 2. The minimum Gasteiger partial charge on any atom is -0.464 e. The molecular weight excluding hydrogens is 336 g/mol. The summed E-state index contributed by atoms with van der Waals surface area (Å²) in [4.78, 5) is 22.9. The van der Waals surface area contributed by atoms with Crippen LogP contribution in [0.25, 0.3) is 5.69 Å². The Morgan fingerprint density at radius 2 is 2.16 bits per heavy atom. The highest BCUT2D eigenvalue weighted by molar-refractivity contribution is 9.10. The second-order valence-corrected chi connectivity index (χ2v) is 4.88. The van der Waals surface area contributed by atoms with Crippen molar-refractivity contribution in [3.8, 4) is 5.69 Å². The fourth-order valence-corrected chi connectivity index (χ4v) is 2.21. The van der Waals surface area contributed by atoms with E-state index in [0.29, 0.717) is 10.7 Å². The minimum absolute atomic E-state index is 0.288. The van der Waals surface area contributed by atoms with Gasteiger partial charge in [0.2, 0.25) is 11.1 Å². The van der Waals surface area contributed by atoms with E-state index in [9.17, 15) is 9.59 Å². The molecular formula is C12H8BrClN2O3. The largest absolute Gasteiger partial charge is 0.464 e. The molecule has 0 unspecified atom stereocenters. The molecule has 0 N–H and O–H groups in total. The van der Waals surface area contributed by atoms with E-state index in [0.717, 1.165) is 4.47 Å². The van der Waals surface area contributed by atoms with Crippen LogP contribution in [-0.2, 0) is 4.74 Å². The lowest BCUT2D eigenvalue weighted by molar-refractivity contribution is 0.0590. The third-order valence-electron chi connectivity index (χ3n) is 2.34. The monoisotopic (exact) mass is 342 g/mol. The minimum atomic E-state index is -0.785. The van der Waals surface area contributed by atoms with Gasteiger partial charge in [0.15, 0.2) is 0 Å². The summed E-state index contributed by atoms with van der Waals surface area (Å²) in [6.07, 6.45) is 1.43. The predicted molar refractivity (Wildman–Crippen MR) is 73.9 cm³/mol. The van der Waals surface area contributed by atoms with E-state index in [-0.39, 0.29) is 5.69 Å². The number of carbonyl (C=O) groups excluding carboxylic acids is 1. The van der Waals surface area contributed by atoms with Gasteiger partial charge in [-0.3, -0.25) is 4.79 Å². The Labute approximate surface area is 121 Å². The van der Waals surface area contributed by atoms with Crippen molar-refractivity contribution in [2.24, 2.45) is 0 Å². The maximum atomic E-state index is 11.5. The first-order valence-electron chi connectivity index (χ1n) is 5.16.